The van der Waals surface area contributed by atoms with Crippen LogP contribution in [0.1, 0.15) is 13.8 Å². The Hall–Kier alpha value is -0.810. The lowest BCUT2D eigenvalue weighted by atomic mass is 10.5. The maximum atomic E-state index is 5.34. The van der Waals surface area contributed by atoms with Crippen LogP contribution in [-0.4, -0.2) is 37.0 Å². The Morgan fingerprint density at radius 2 is 2.00 bits per heavy atom. The molecule has 0 aliphatic rings. The Labute approximate surface area is 73.8 Å². The number of hydrazine groups is 1. The number of rotatable bonds is 5. The standard InChI is InChI=1S/C7H19N5/c1-3-12(4-2)6-5-10-7(8)11-9/h3-6,9H2,1-2H3,(H3,8,10,11). The summed E-state index contributed by atoms with van der Waals surface area (Å²) in [6, 6.07) is 0. The topological polar surface area (TPSA) is 79.7 Å². The van der Waals surface area contributed by atoms with Gasteiger partial charge in [-0.05, 0) is 13.1 Å². The van der Waals surface area contributed by atoms with E-state index >= 15 is 0 Å². The van der Waals surface area contributed by atoms with Crippen molar-refractivity contribution in [1.29, 1.82) is 0 Å². The van der Waals surface area contributed by atoms with Crippen LogP contribution in [0.2, 0.25) is 0 Å². The molecule has 72 valence electrons. The van der Waals surface area contributed by atoms with Crippen molar-refractivity contribution in [2.75, 3.05) is 26.2 Å². The highest BCUT2D eigenvalue weighted by Gasteiger charge is 1.96. The van der Waals surface area contributed by atoms with Gasteiger partial charge in [0.1, 0.15) is 0 Å². The number of nitrogens with two attached hydrogens (primary N) is 2. The van der Waals surface area contributed by atoms with Crippen LogP contribution in [-0.2, 0) is 0 Å². The normalized spacial score (nSPS) is 12.2. The van der Waals surface area contributed by atoms with Crippen molar-refractivity contribution in [3.63, 3.8) is 0 Å². The fourth-order valence-electron chi connectivity index (χ4n) is 0.897. The van der Waals surface area contributed by atoms with Gasteiger partial charge in [-0.2, -0.15) is 0 Å². The predicted molar refractivity (Wildman–Crippen MR) is 51.6 cm³/mol. The molecule has 0 radical (unpaired) electrons. The minimum Gasteiger partial charge on any atom is -0.369 e. The Morgan fingerprint density at radius 3 is 2.42 bits per heavy atom. The Bertz CT molecular complexity index is 130. The zero-order valence-corrected chi connectivity index (χ0v) is 7.88. The molecule has 0 bridgehead atoms. The molecule has 0 saturated heterocycles. The second kappa shape index (κ2) is 6.87. The molecule has 0 amide bonds. The minimum atomic E-state index is 0.294. The first kappa shape index (κ1) is 11.2. The fraction of sp³-hybridized carbons (Fsp3) is 0.857. The number of nitrogens with one attached hydrogen (secondary N) is 1. The molecule has 5 N–H and O–H groups in total. The second-order valence-electron chi connectivity index (χ2n) is 2.44. The summed E-state index contributed by atoms with van der Waals surface area (Å²) in [6.45, 7) is 7.95. The highest BCUT2D eigenvalue weighted by Crippen LogP contribution is 1.85. The first-order valence-corrected chi connectivity index (χ1v) is 4.23. The highest BCUT2D eigenvalue weighted by atomic mass is 15.3. The summed E-state index contributed by atoms with van der Waals surface area (Å²) in [5, 5.41) is 0. The van der Waals surface area contributed by atoms with Crippen LogP contribution in [0.25, 0.3) is 0 Å². The summed E-state index contributed by atoms with van der Waals surface area (Å²) < 4.78 is 0. The van der Waals surface area contributed by atoms with E-state index in [9.17, 15) is 0 Å². The van der Waals surface area contributed by atoms with Crippen molar-refractivity contribution in [1.82, 2.24) is 10.3 Å². The largest absolute Gasteiger partial charge is 0.369 e. The van der Waals surface area contributed by atoms with Crippen LogP contribution in [0.15, 0.2) is 4.99 Å². The maximum absolute atomic E-state index is 5.34. The summed E-state index contributed by atoms with van der Waals surface area (Å²) >= 11 is 0. The minimum absolute atomic E-state index is 0.294. The molecule has 0 atom stereocenters. The van der Waals surface area contributed by atoms with Gasteiger partial charge in [-0.1, -0.05) is 13.8 Å². The summed E-state index contributed by atoms with van der Waals surface area (Å²) in [7, 11) is 0. The lowest BCUT2D eigenvalue weighted by Gasteiger charge is -2.16. The van der Waals surface area contributed by atoms with Gasteiger partial charge in [0.25, 0.3) is 0 Å². The van der Waals surface area contributed by atoms with Crippen molar-refractivity contribution in [2.45, 2.75) is 13.8 Å². The van der Waals surface area contributed by atoms with Crippen molar-refractivity contribution < 1.29 is 0 Å². The van der Waals surface area contributed by atoms with Gasteiger partial charge < -0.3 is 10.6 Å². The highest BCUT2D eigenvalue weighted by molar-refractivity contribution is 5.77. The zero-order chi connectivity index (χ0) is 9.40. The van der Waals surface area contributed by atoms with Crippen LogP contribution in [0.3, 0.4) is 0 Å². The van der Waals surface area contributed by atoms with Crippen molar-refractivity contribution >= 4 is 5.96 Å². The van der Waals surface area contributed by atoms with E-state index in [1.807, 2.05) is 0 Å². The number of likely N-dealkylation sites (N-methyl/N-ethyl adjacent to an activating group) is 1. The number of hydrogen-bond acceptors (Lipinski definition) is 3. The third kappa shape index (κ3) is 4.92. The molecule has 0 saturated carbocycles. The number of hydrogen-bond donors (Lipinski definition) is 3. The van der Waals surface area contributed by atoms with Gasteiger partial charge in [-0.3, -0.25) is 10.4 Å². The Kier molecular flexibility index (Phi) is 6.41. The summed E-state index contributed by atoms with van der Waals surface area (Å²) in [6.07, 6.45) is 0. The lowest BCUT2D eigenvalue weighted by molar-refractivity contribution is 0.313. The van der Waals surface area contributed by atoms with Gasteiger partial charge in [0.15, 0.2) is 0 Å². The molecule has 0 aromatic carbocycles. The SMILES string of the molecule is CCN(CC)CCN=C(N)NN. The van der Waals surface area contributed by atoms with Gasteiger partial charge in [-0.15, -0.1) is 0 Å². The molecule has 0 aromatic heterocycles. The average molecular weight is 173 g/mol. The average Bonchev–Trinajstić information content (AvgIpc) is 2.12. The monoisotopic (exact) mass is 173 g/mol. The Balaban J connectivity index is 3.53. The molecule has 0 fully saturated rings. The van der Waals surface area contributed by atoms with E-state index in [4.69, 9.17) is 11.6 Å². The molecule has 0 heterocycles. The molecule has 12 heavy (non-hydrogen) atoms. The Morgan fingerprint density at radius 1 is 1.42 bits per heavy atom. The van der Waals surface area contributed by atoms with Gasteiger partial charge >= 0.3 is 0 Å². The van der Waals surface area contributed by atoms with E-state index < -0.39 is 0 Å². The summed E-state index contributed by atoms with van der Waals surface area (Å²) in [5.74, 6) is 5.33. The van der Waals surface area contributed by atoms with Gasteiger partial charge in [-0.25, -0.2) is 5.84 Å². The van der Waals surface area contributed by atoms with E-state index in [0.717, 1.165) is 19.6 Å². The number of nitrogens with zero attached hydrogens (tertiary/aromatic N) is 2. The lowest BCUT2D eigenvalue weighted by Crippen LogP contribution is -2.37. The summed E-state index contributed by atoms with van der Waals surface area (Å²) in [5.41, 5.74) is 7.62. The third-order valence-corrected chi connectivity index (χ3v) is 1.74. The van der Waals surface area contributed by atoms with Crippen LogP contribution < -0.4 is 17.0 Å². The summed E-state index contributed by atoms with van der Waals surface area (Å²) in [4.78, 5) is 6.27. The van der Waals surface area contributed by atoms with E-state index in [-0.39, 0.29) is 0 Å². The van der Waals surface area contributed by atoms with Gasteiger partial charge in [0.05, 0.1) is 6.54 Å². The van der Waals surface area contributed by atoms with Crippen LogP contribution in [0.5, 0.6) is 0 Å². The first-order valence-electron chi connectivity index (χ1n) is 4.23. The molecule has 0 unspecified atom stereocenters. The van der Waals surface area contributed by atoms with Crippen molar-refractivity contribution in [3.05, 3.63) is 0 Å². The van der Waals surface area contributed by atoms with Gasteiger partial charge in [0, 0.05) is 6.54 Å². The molecular weight excluding hydrogens is 154 g/mol. The van der Waals surface area contributed by atoms with E-state index in [2.05, 4.69) is 29.2 Å². The quantitative estimate of drug-likeness (QED) is 0.218. The van der Waals surface area contributed by atoms with E-state index in [0.29, 0.717) is 12.5 Å². The van der Waals surface area contributed by atoms with E-state index in [1.54, 1.807) is 0 Å². The van der Waals surface area contributed by atoms with Crippen molar-refractivity contribution in [2.24, 2.45) is 16.6 Å². The van der Waals surface area contributed by atoms with Crippen LogP contribution >= 0.6 is 0 Å². The molecule has 5 nitrogen and oxygen atoms in total. The third-order valence-electron chi connectivity index (χ3n) is 1.74. The number of guanidine groups is 1. The van der Waals surface area contributed by atoms with Crippen LogP contribution in [0, 0.1) is 0 Å². The van der Waals surface area contributed by atoms with E-state index in [1.165, 1.54) is 0 Å². The van der Waals surface area contributed by atoms with Crippen molar-refractivity contribution in [3.8, 4) is 0 Å². The first-order chi connectivity index (χ1) is 5.74. The molecule has 0 aromatic rings. The molecular formula is C7H19N5. The van der Waals surface area contributed by atoms with Crippen LogP contribution in [0.4, 0.5) is 0 Å². The fourth-order valence-corrected chi connectivity index (χ4v) is 0.897. The molecule has 5 heteroatoms. The maximum Gasteiger partial charge on any atom is 0.203 e. The zero-order valence-electron chi connectivity index (χ0n) is 7.88. The number of aliphatic imine (C=N–C) groups is 1. The smallest absolute Gasteiger partial charge is 0.203 e. The molecule has 0 aliphatic carbocycles. The molecule has 0 spiro atoms. The molecule has 0 rings (SSSR count). The second-order valence-corrected chi connectivity index (χ2v) is 2.44. The van der Waals surface area contributed by atoms with Gasteiger partial charge in [0.2, 0.25) is 5.96 Å². The molecule has 0 aliphatic heterocycles. The predicted octanol–water partition coefficient (Wildman–Crippen LogP) is -0.894.